The molecule has 21 heavy (non-hydrogen) atoms. The van der Waals surface area contributed by atoms with E-state index < -0.39 is 29.6 Å². The predicted molar refractivity (Wildman–Crippen MR) is 75.8 cm³/mol. The Morgan fingerprint density at radius 2 is 1.76 bits per heavy atom. The lowest BCUT2D eigenvalue weighted by molar-refractivity contribution is -0.158. The molecular formula is C14H24N2O5. The van der Waals surface area contributed by atoms with E-state index in [1.165, 1.54) is 0 Å². The lowest BCUT2D eigenvalue weighted by Crippen LogP contribution is -2.50. The molecule has 7 heteroatoms. The number of carbonyl (C=O) groups is 3. The van der Waals surface area contributed by atoms with Gasteiger partial charge in [0.25, 0.3) is 0 Å². The van der Waals surface area contributed by atoms with Gasteiger partial charge in [-0.2, -0.15) is 0 Å². The van der Waals surface area contributed by atoms with Crippen molar-refractivity contribution >= 4 is 18.0 Å². The molecule has 1 aliphatic rings. The average molecular weight is 300 g/mol. The molecule has 0 aromatic rings. The normalized spacial score (nSPS) is 17.0. The standard InChI is InChI=1S/C14H24N2O5/c1-14(2,3)21-11(17)9-10(12(18)19)15-13(20)16-7-5-4-6-8-16/h10H,4-9H2,1-3H3,(H,15,20)(H,18,19)/t10-/m0/s1. The summed E-state index contributed by atoms with van der Waals surface area (Å²) in [6, 6.07) is -1.71. The number of hydrogen-bond donors (Lipinski definition) is 2. The number of aliphatic carboxylic acids is 1. The fourth-order valence-electron chi connectivity index (χ4n) is 2.09. The number of ether oxygens (including phenoxy) is 1. The van der Waals surface area contributed by atoms with Crippen LogP contribution in [0.4, 0.5) is 4.79 Å². The summed E-state index contributed by atoms with van der Waals surface area (Å²) in [4.78, 5) is 36.4. The van der Waals surface area contributed by atoms with Crippen LogP contribution in [0.2, 0.25) is 0 Å². The summed E-state index contributed by atoms with van der Waals surface area (Å²) in [5.41, 5.74) is -0.684. The monoisotopic (exact) mass is 300 g/mol. The highest BCUT2D eigenvalue weighted by molar-refractivity contribution is 5.86. The first-order valence-corrected chi connectivity index (χ1v) is 7.19. The molecule has 1 rings (SSSR count). The number of esters is 1. The van der Waals surface area contributed by atoms with Gasteiger partial charge in [-0.15, -0.1) is 0 Å². The highest BCUT2D eigenvalue weighted by Crippen LogP contribution is 2.11. The van der Waals surface area contributed by atoms with Gasteiger partial charge in [-0.3, -0.25) is 4.79 Å². The van der Waals surface area contributed by atoms with Crippen molar-refractivity contribution in [3.05, 3.63) is 0 Å². The minimum absolute atomic E-state index is 0.383. The molecule has 1 fully saturated rings. The van der Waals surface area contributed by atoms with Gasteiger partial charge < -0.3 is 20.1 Å². The van der Waals surface area contributed by atoms with Crippen molar-refractivity contribution in [3.63, 3.8) is 0 Å². The number of urea groups is 1. The quantitative estimate of drug-likeness (QED) is 0.764. The second kappa shape index (κ2) is 7.28. The number of nitrogens with zero attached hydrogens (tertiary/aromatic N) is 1. The van der Waals surface area contributed by atoms with E-state index in [9.17, 15) is 14.4 Å². The molecule has 0 bridgehead atoms. The lowest BCUT2D eigenvalue weighted by atomic mass is 10.1. The molecule has 120 valence electrons. The summed E-state index contributed by atoms with van der Waals surface area (Å²) in [5.74, 6) is -1.89. The Hall–Kier alpha value is -1.79. The number of hydrogen-bond acceptors (Lipinski definition) is 4. The van der Waals surface area contributed by atoms with Crippen molar-refractivity contribution in [2.75, 3.05) is 13.1 Å². The van der Waals surface area contributed by atoms with E-state index in [4.69, 9.17) is 9.84 Å². The second-order valence-corrected chi connectivity index (χ2v) is 6.18. The van der Waals surface area contributed by atoms with Gasteiger partial charge in [0.15, 0.2) is 0 Å². The van der Waals surface area contributed by atoms with Crippen LogP contribution in [-0.2, 0) is 14.3 Å². The molecule has 0 aromatic heterocycles. The van der Waals surface area contributed by atoms with E-state index in [0.717, 1.165) is 19.3 Å². The number of carbonyl (C=O) groups excluding carboxylic acids is 2. The van der Waals surface area contributed by atoms with Gasteiger partial charge in [0, 0.05) is 13.1 Å². The molecule has 1 saturated heterocycles. The predicted octanol–water partition coefficient (Wildman–Crippen LogP) is 1.37. The summed E-state index contributed by atoms with van der Waals surface area (Å²) < 4.78 is 5.08. The van der Waals surface area contributed by atoms with Crippen LogP contribution in [0.1, 0.15) is 46.5 Å². The molecule has 1 atom stereocenters. The molecule has 0 aliphatic carbocycles. The van der Waals surface area contributed by atoms with Crippen molar-refractivity contribution in [3.8, 4) is 0 Å². The van der Waals surface area contributed by atoms with Crippen molar-refractivity contribution in [1.29, 1.82) is 0 Å². The van der Waals surface area contributed by atoms with Gasteiger partial charge in [0.05, 0.1) is 6.42 Å². The summed E-state index contributed by atoms with van der Waals surface area (Å²) >= 11 is 0. The fourth-order valence-corrected chi connectivity index (χ4v) is 2.09. The summed E-state index contributed by atoms with van der Waals surface area (Å²) in [6.07, 6.45) is 2.52. The highest BCUT2D eigenvalue weighted by Gasteiger charge is 2.28. The van der Waals surface area contributed by atoms with Crippen molar-refractivity contribution in [2.45, 2.75) is 58.1 Å². The maximum atomic E-state index is 12.0. The largest absolute Gasteiger partial charge is 0.480 e. The third-order valence-electron chi connectivity index (χ3n) is 3.03. The first-order chi connectivity index (χ1) is 9.69. The zero-order valence-corrected chi connectivity index (χ0v) is 12.8. The maximum Gasteiger partial charge on any atom is 0.326 e. The van der Waals surface area contributed by atoms with Crippen LogP contribution in [0.3, 0.4) is 0 Å². The van der Waals surface area contributed by atoms with Crippen LogP contribution in [0, 0.1) is 0 Å². The van der Waals surface area contributed by atoms with Gasteiger partial charge in [0.2, 0.25) is 0 Å². The van der Waals surface area contributed by atoms with Gasteiger partial charge in [-0.25, -0.2) is 9.59 Å². The molecular weight excluding hydrogens is 276 g/mol. The average Bonchev–Trinajstić information content (AvgIpc) is 2.36. The summed E-state index contributed by atoms with van der Waals surface area (Å²) in [5, 5.41) is 11.5. The van der Waals surface area contributed by atoms with Crippen LogP contribution in [0.15, 0.2) is 0 Å². The van der Waals surface area contributed by atoms with E-state index in [1.54, 1.807) is 25.7 Å². The number of amides is 2. The van der Waals surface area contributed by atoms with E-state index >= 15 is 0 Å². The Morgan fingerprint density at radius 3 is 2.24 bits per heavy atom. The molecule has 0 saturated carbocycles. The molecule has 0 unspecified atom stereocenters. The molecule has 1 heterocycles. The molecule has 0 spiro atoms. The number of carboxylic acid groups (broad SMARTS) is 1. The van der Waals surface area contributed by atoms with Gasteiger partial charge in [-0.05, 0) is 40.0 Å². The number of carboxylic acids is 1. The minimum Gasteiger partial charge on any atom is -0.480 e. The van der Waals surface area contributed by atoms with Crippen LogP contribution < -0.4 is 5.32 Å². The maximum absolute atomic E-state index is 12.0. The van der Waals surface area contributed by atoms with Crippen LogP contribution in [0.5, 0.6) is 0 Å². The zero-order chi connectivity index (χ0) is 16.0. The third-order valence-corrected chi connectivity index (χ3v) is 3.03. The molecule has 2 N–H and O–H groups in total. The number of likely N-dealkylation sites (tertiary alicyclic amines) is 1. The van der Waals surface area contributed by atoms with E-state index in [-0.39, 0.29) is 6.42 Å². The van der Waals surface area contributed by atoms with Gasteiger partial charge in [0.1, 0.15) is 11.6 Å². The summed E-state index contributed by atoms with van der Waals surface area (Å²) in [6.45, 7) is 6.34. The van der Waals surface area contributed by atoms with E-state index in [0.29, 0.717) is 13.1 Å². The summed E-state index contributed by atoms with van der Waals surface area (Å²) in [7, 11) is 0. The Balaban J connectivity index is 2.55. The second-order valence-electron chi connectivity index (χ2n) is 6.18. The fraction of sp³-hybridized carbons (Fsp3) is 0.786. The molecule has 0 aromatic carbocycles. The van der Waals surface area contributed by atoms with Gasteiger partial charge >= 0.3 is 18.0 Å². The first-order valence-electron chi connectivity index (χ1n) is 7.19. The molecule has 2 amide bonds. The zero-order valence-electron chi connectivity index (χ0n) is 12.8. The SMILES string of the molecule is CC(C)(C)OC(=O)C[C@H](NC(=O)N1CCCCC1)C(=O)O. The van der Waals surface area contributed by atoms with Crippen LogP contribution >= 0.6 is 0 Å². The Morgan fingerprint density at radius 1 is 1.19 bits per heavy atom. The van der Waals surface area contributed by atoms with Crippen molar-refractivity contribution in [1.82, 2.24) is 10.2 Å². The van der Waals surface area contributed by atoms with Gasteiger partial charge in [-0.1, -0.05) is 0 Å². The van der Waals surface area contributed by atoms with Crippen LogP contribution in [0.25, 0.3) is 0 Å². The Labute approximate surface area is 124 Å². The lowest BCUT2D eigenvalue weighted by Gasteiger charge is -2.28. The highest BCUT2D eigenvalue weighted by atomic mass is 16.6. The van der Waals surface area contributed by atoms with Crippen molar-refractivity contribution in [2.24, 2.45) is 0 Å². The number of piperidine rings is 1. The van der Waals surface area contributed by atoms with Crippen molar-refractivity contribution < 1.29 is 24.2 Å². The molecule has 0 radical (unpaired) electrons. The number of rotatable bonds is 4. The third kappa shape index (κ3) is 6.46. The van der Waals surface area contributed by atoms with E-state index in [1.807, 2.05) is 0 Å². The Kier molecular flexibility index (Phi) is 5.99. The topological polar surface area (TPSA) is 95.9 Å². The smallest absolute Gasteiger partial charge is 0.326 e. The number of nitrogens with one attached hydrogen (secondary N) is 1. The first kappa shape index (κ1) is 17.3. The van der Waals surface area contributed by atoms with E-state index in [2.05, 4.69) is 5.32 Å². The minimum atomic E-state index is -1.27. The molecule has 7 nitrogen and oxygen atoms in total. The Bertz CT molecular complexity index is 397. The molecule has 1 aliphatic heterocycles. The van der Waals surface area contributed by atoms with Crippen LogP contribution in [-0.4, -0.2) is 52.7 Å².